The highest BCUT2D eigenvalue weighted by Gasteiger charge is 2.13. The lowest BCUT2D eigenvalue weighted by Crippen LogP contribution is -2.38. The third kappa shape index (κ3) is 5.21. The van der Waals surface area contributed by atoms with Crippen molar-refractivity contribution in [3.63, 3.8) is 0 Å². The number of nitrogens with one attached hydrogen (secondary N) is 1. The summed E-state index contributed by atoms with van der Waals surface area (Å²) < 4.78 is 30.9. The van der Waals surface area contributed by atoms with E-state index in [1.807, 2.05) is 0 Å². The Kier molecular flexibility index (Phi) is 5.89. The average molecular weight is 287 g/mol. The van der Waals surface area contributed by atoms with Gasteiger partial charge in [0.25, 0.3) is 0 Å². The summed E-state index contributed by atoms with van der Waals surface area (Å²) in [7, 11) is 0. The molecule has 0 aromatic heterocycles. The zero-order chi connectivity index (χ0) is 15.1. The van der Waals surface area contributed by atoms with E-state index in [1.54, 1.807) is 0 Å². The van der Waals surface area contributed by atoms with Crippen molar-refractivity contribution in [2.45, 2.75) is 25.8 Å². The Labute approximate surface area is 114 Å². The van der Waals surface area contributed by atoms with Gasteiger partial charge in [-0.2, -0.15) is 0 Å². The number of carboxylic acids is 1. The fourth-order valence-electron chi connectivity index (χ4n) is 1.38. The minimum atomic E-state index is -1.12. The van der Waals surface area contributed by atoms with E-state index in [2.05, 4.69) is 5.32 Å². The van der Waals surface area contributed by atoms with Crippen molar-refractivity contribution in [3.05, 3.63) is 29.8 Å². The predicted octanol–water partition coefficient (Wildman–Crippen LogP) is 1.71. The molecule has 0 aliphatic heterocycles. The first-order valence-electron chi connectivity index (χ1n) is 6.00. The molecule has 1 amide bonds. The zero-order valence-corrected chi connectivity index (χ0v) is 10.9. The molecule has 1 aromatic rings. The maximum absolute atomic E-state index is 13.2. The molecule has 1 atom stereocenters. The number of rotatable bonds is 7. The summed E-state index contributed by atoms with van der Waals surface area (Å²) in [5.41, 5.74) is 0. The minimum Gasteiger partial charge on any atom is -0.491 e. The molecular formula is C13H15F2NO4. The van der Waals surface area contributed by atoms with Gasteiger partial charge in [0.05, 0.1) is 6.61 Å². The first kappa shape index (κ1) is 15.9. The van der Waals surface area contributed by atoms with Crippen LogP contribution in [-0.2, 0) is 9.59 Å². The minimum absolute atomic E-state index is 0.0560. The van der Waals surface area contributed by atoms with Crippen LogP contribution in [0.25, 0.3) is 0 Å². The smallest absolute Gasteiger partial charge is 0.325 e. The molecule has 5 nitrogen and oxygen atoms in total. The van der Waals surface area contributed by atoms with E-state index in [0.29, 0.717) is 6.07 Å². The fraction of sp³-hybridized carbons (Fsp3) is 0.385. The van der Waals surface area contributed by atoms with Crippen LogP contribution >= 0.6 is 0 Å². The summed E-state index contributed by atoms with van der Waals surface area (Å²) >= 11 is 0. The lowest BCUT2D eigenvalue weighted by Gasteiger charge is -2.10. The van der Waals surface area contributed by atoms with Crippen LogP contribution in [-0.4, -0.2) is 29.6 Å². The van der Waals surface area contributed by atoms with E-state index in [9.17, 15) is 18.4 Å². The van der Waals surface area contributed by atoms with Crippen LogP contribution in [0, 0.1) is 11.6 Å². The molecule has 0 aliphatic rings. The van der Waals surface area contributed by atoms with E-state index in [1.165, 1.54) is 6.92 Å². The molecule has 0 aliphatic carbocycles. The van der Waals surface area contributed by atoms with Gasteiger partial charge in [-0.1, -0.05) is 0 Å². The maximum atomic E-state index is 13.2. The van der Waals surface area contributed by atoms with Crippen molar-refractivity contribution in [1.82, 2.24) is 5.32 Å². The molecule has 110 valence electrons. The molecule has 0 heterocycles. The molecular weight excluding hydrogens is 272 g/mol. The molecule has 1 rings (SSSR count). The van der Waals surface area contributed by atoms with Crippen LogP contribution in [0.15, 0.2) is 18.2 Å². The summed E-state index contributed by atoms with van der Waals surface area (Å²) in [6.07, 6.45) is 0.343. The van der Waals surface area contributed by atoms with Gasteiger partial charge in [-0.05, 0) is 25.5 Å². The van der Waals surface area contributed by atoms with E-state index >= 15 is 0 Å². The normalized spacial score (nSPS) is 11.8. The molecule has 0 fully saturated rings. The van der Waals surface area contributed by atoms with Crippen molar-refractivity contribution in [3.8, 4) is 5.75 Å². The van der Waals surface area contributed by atoms with Crippen molar-refractivity contribution in [2.24, 2.45) is 0 Å². The van der Waals surface area contributed by atoms with E-state index in [-0.39, 0.29) is 25.2 Å². The number of hydrogen-bond acceptors (Lipinski definition) is 3. The Morgan fingerprint density at radius 2 is 2.10 bits per heavy atom. The number of carbonyl (C=O) groups is 2. The monoisotopic (exact) mass is 287 g/mol. The summed E-state index contributed by atoms with van der Waals surface area (Å²) in [5, 5.41) is 10.9. The van der Waals surface area contributed by atoms with Gasteiger partial charge in [-0.3, -0.25) is 9.59 Å². The Bertz CT molecular complexity index is 493. The van der Waals surface area contributed by atoms with Crippen molar-refractivity contribution in [1.29, 1.82) is 0 Å². The molecule has 7 heteroatoms. The van der Waals surface area contributed by atoms with E-state index in [0.717, 1.165) is 12.1 Å². The van der Waals surface area contributed by atoms with E-state index in [4.69, 9.17) is 9.84 Å². The Morgan fingerprint density at radius 3 is 2.70 bits per heavy atom. The first-order valence-corrected chi connectivity index (χ1v) is 6.00. The molecule has 0 saturated heterocycles. The Hall–Kier alpha value is -2.18. The highest BCUT2D eigenvalue weighted by molar-refractivity contribution is 5.83. The van der Waals surface area contributed by atoms with Gasteiger partial charge in [-0.25, -0.2) is 8.78 Å². The van der Waals surface area contributed by atoms with Gasteiger partial charge in [0.1, 0.15) is 11.9 Å². The topological polar surface area (TPSA) is 75.6 Å². The number of benzene rings is 1. The van der Waals surface area contributed by atoms with Gasteiger partial charge < -0.3 is 15.2 Å². The van der Waals surface area contributed by atoms with Gasteiger partial charge >= 0.3 is 5.97 Å². The summed E-state index contributed by atoms with van der Waals surface area (Å²) in [5.74, 6) is -3.15. The largest absolute Gasteiger partial charge is 0.491 e. The SMILES string of the molecule is CC(NC(=O)CCCOc1ccc(F)cc1F)C(=O)O. The summed E-state index contributed by atoms with van der Waals surface area (Å²) in [6, 6.07) is 1.98. The quantitative estimate of drug-likeness (QED) is 0.749. The van der Waals surface area contributed by atoms with Gasteiger partial charge in [0.15, 0.2) is 11.6 Å². The molecule has 0 saturated carbocycles. The standard InChI is InChI=1S/C13H15F2NO4/c1-8(13(18)19)16-12(17)3-2-6-20-11-5-4-9(14)7-10(11)15/h4-5,7-8H,2-3,6H2,1H3,(H,16,17)(H,18,19). The van der Waals surface area contributed by atoms with Gasteiger partial charge in [-0.15, -0.1) is 0 Å². The third-order valence-electron chi connectivity index (χ3n) is 2.45. The number of amides is 1. The fourth-order valence-corrected chi connectivity index (χ4v) is 1.38. The van der Waals surface area contributed by atoms with Crippen molar-refractivity contribution >= 4 is 11.9 Å². The molecule has 0 spiro atoms. The number of hydrogen-bond donors (Lipinski definition) is 2. The maximum Gasteiger partial charge on any atom is 0.325 e. The second-order valence-electron chi connectivity index (χ2n) is 4.15. The lowest BCUT2D eigenvalue weighted by atomic mass is 10.2. The lowest BCUT2D eigenvalue weighted by molar-refractivity contribution is -0.141. The van der Waals surface area contributed by atoms with Crippen molar-refractivity contribution in [2.75, 3.05) is 6.61 Å². The van der Waals surface area contributed by atoms with Crippen LogP contribution in [0.2, 0.25) is 0 Å². The van der Waals surface area contributed by atoms with Gasteiger partial charge in [0, 0.05) is 12.5 Å². The van der Waals surface area contributed by atoms with E-state index < -0.39 is 29.6 Å². The number of carboxylic acid groups (broad SMARTS) is 1. The highest BCUT2D eigenvalue weighted by Crippen LogP contribution is 2.17. The second kappa shape index (κ2) is 7.42. The molecule has 0 radical (unpaired) electrons. The molecule has 1 unspecified atom stereocenters. The molecule has 20 heavy (non-hydrogen) atoms. The first-order chi connectivity index (χ1) is 9.40. The zero-order valence-electron chi connectivity index (χ0n) is 10.9. The summed E-state index contributed by atoms with van der Waals surface area (Å²) in [6.45, 7) is 1.42. The number of carbonyl (C=O) groups excluding carboxylic acids is 1. The number of halogens is 2. The van der Waals surface area contributed by atoms with Crippen LogP contribution in [0.4, 0.5) is 8.78 Å². The second-order valence-corrected chi connectivity index (χ2v) is 4.15. The molecule has 0 bridgehead atoms. The average Bonchev–Trinajstić information content (AvgIpc) is 2.36. The van der Waals surface area contributed by atoms with Crippen LogP contribution in [0.1, 0.15) is 19.8 Å². The number of ether oxygens (including phenoxy) is 1. The third-order valence-corrected chi connectivity index (χ3v) is 2.45. The van der Waals surface area contributed by atoms with Crippen LogP contribution in [0.3, 0.4) is 0 Å². The predicted molar refractivity (Wildman–Crippen MR) is 66.3 cm³/mol. The van der Waals surface area contributed by atoms with Crippen molar-refractivity contribution < 1.29 is 28.2 Å². The van der Waals surface area contributed by atoms with Gasteiger partial charge in [0.2, 0.25) is 5.91 Å². The van der Waals surface area contributed by atoms with Crippen LogP contribution < -0.4 is 10.1 Å². The Morgan fingerprint density at radius 1 is 1.40 bits per heavy atom. The molecule has 2 N–H and O–H groups in total. The highest BCUT2D eigenvalue weighted by atomic mass is 19.1. The summed E-state index contributed by atoms with van der Waals surface area (Å²) in [4.78, 5) is 21.8. The number of aliphatic carboxylic acids is 1. The molecule has 1 aromatic carbocycles. The Balaban J connectivity index is 2.28. The van der Waals surface area contributed by atoms with Crippen LogP contribution in [0.5, 0.6) is 5.75 Å².